The molecule has 0 spiro atoms. The minimum absolute atomic E-state index is 0.102. The molecule has 0 aliphatic heterocycles. The Morgan fingerprint density at radius 2 is 1.82 bits per heavy atom. The molecule has 1 aromatic heterocycles. The van der Waals surface area contributed by atoms with Gasteiger partial charge in [-0.25, -0.2) is 8.42 Å². The number of rotatable bonds is 5. The van der Waals surface area contributed by atoms with Crippen LogP contribution in [-0.2, 0) is 9.84 Å². The molecule has 3 aromatic rings. The van der Waals surface area contributed by atoms with E-state index in [1.807, 2.05) is 0 Å². The summed E-state index contributed by atoms with van der Waals surface area (Å²) >= 11 is 9.32. The number of anilines is 1. The molecule has 146 valence electrons. The van der Waals surface area contributed by atoms with E-state index in [-0.39, 0.29) is 27.4 Å². The number of halogens is 2. The van der Waals surface area contributed by atoms with E-state index in [2.05, 4.69) is 31.4 Å². The highest BCUT2D eigenvalue weighted by atomic mass is 79.9. The molecule has 0 saturated heterocycles. The predicted octanol–water partition coefficient (Wildman–Crippen LogP) is 4.59. The number of carbonyl (C=O) groups excluding carboxylic acids is 1. The lowest BCUT2D eigenvalue weighted by molar-refractivity contribution is 0.102. The van der Waals surface area contributed by atoms with Crippen LogP contribution < -0.4 is 5.32 Å². The second kappa shape index (κ2) is 8.02. The molecule has 0 saturated carbocycles. The average molecular weight is 485 g/mol. The summed E-state index contributed by atoms with van der Waals surface area (Å²) in [5.41, 5.74) is 0.773. The lowest BCUT2D eigenvalue weighted by Gasteiger charge is -2.07. The van der Waals surface area contributed by atoms with Crippen LogP contribution in [0.15, 0.2) is 56.2 Å². The Morgan fingerprint density at radius 3 is 2.46 bits per heavy atom. The van der Waals surface area contributed by atoms with Crippen molar-refractivity contribution < 1.29 is 17.6 Å². The smallest absolute Gasteiger partial charge is 0.322 e. The van der Waals surface area contributed by atoms with Gasteiger partial charge in [-0.15, -0.1) is 5.10 Å². The van der Waals surface area contributed by atoms with Gasteiger partial charge in [0, 0.05) is 10.0 Å². The second-order valence-corrected chi connectivity index (χ2v) is 9.94. The number of hydrogen-bond acceptors (Lipinski definition) is 6. The zero-order chi connectivity index (χ0) is 20.5. The first-order valence-electron chi connectivity index (χ1n) is 8.12. The summed E-state index contributed by atoms with van der Waals surface area (Å²) in [6.45, 7) is 3.24. The molecular formula is C18H15BrClN3O4S. The predicted molar refractivity (Wildman–Crippen MR) is 109 cm³/mol. The number of hydrogen-bond donors (Lipinski definition) is 1. The fourth-order valence-corrected chi connectivity index (χ4v) is 3.91. The maximum absolute atomic E-state index is 12.3. The molecule has 3 rings (SSSR count). The van der Waals surface area contributed by atoms with Gasteiger partial charge in [0.25, 0.3) is 5.91 Å². The van der Waals surface area contributed by atoms with Crippen molar-refractivity contribution in [1.29, 1.82) is 0 Å². The standard InChI is InChI=1S/C18H15BrClN3O4S/c1-10(2)28(25,26)13-6-3-11(4-7-13)17-22-23-18(27-17)21-16(24)14-9-12(19)5-8-15(14)20/h3-10H,1-2H3,(H,21,23,24). The molecule has 0 bridgehead atoms. The number of nitrogens with one attached hydrogen (secondary N) is 1. The van der Waals surface area contributed by atoms with Crippen molar-refractivity contribution in [3.63, 3.8) is 0 Å². The van der Waals surface area contributed by atoms with E-state index >= 15 is 0 Å². The van der Waals surface area contributed by atoms with Crippen LogP contribution in [0.1, 0.15) is 24.2 Å². The first kappa shape index (κ1) is 20.5. The molecule has 2 aromatic carbocycles. The molecule has 0 fully saturated rings. The Morgan fingerprint density at radius 1 is 1.14 bits per heavy atom. The summed E-state index contributed by atoms with van der Waals surface area (Å²) in [5.74, 6) is -0.357. The molecule has 0 atom stereocenters. The highest BCUT2D eigenvalue weighted by Gasteiger charge is 2.20. The summed E-state index contributed by atoms with van der Waals surface area (Å²) in [4.78, 5) is 12.6. The monoisotopic (exact) mass is 483 g/mol. The van der Waals surface area contributed by atoms with Crippen LogP contribution in [0.3, 0.4) is 0 Å². The molecule has 0 unspecified atom stereocenters. The van der Waals surface area contributed by atoms with Crippen molar-refractivity contribution in [3.8, 4) is 11.5 Å². The summed E-state index contributed by atoms with van der Waals surface area (Å²) in [6, 6.07) is 10.9. The Bertz CT molecular complexity index is 1130. The minimum atomic E-state index is -3.36. The second-order valence-electron chi connectivity index (χ2n) is 6.11. The lowest BCUT2D eigenvalue weighted by Crippen LogP contribution is -2.13. The van der Waals surface area contributed by atoms with Gasteiger partial charge >= 0.3 is 6.01 Å². The quantitative estimate of drug-likeness (QED) is 0.568. The highest BCUT2D eigenvalue weighted by molar-refractivity contribution is 9.10. The van der Waals surface area contributed by atoms with Gasteiger partial charge in [0.1, 0.15) is 0 Å². The van der Waals surface area contributed by atoms with Gasteiger partial charge in [0.2, 0.25) is 5.89 Å². The largest absolute Gasteiger partial charge is 0.403 e. The number of carbonyl (C=O) groups is 1. The van der Waals surface area contributed by atoms with Crippen molar-refractivity contribution in [2.75, 3.05) is 5.32 Å². The Hall–Kier alpha value is -2.23. The summed E-state index contributed by atoms with van der Waals surface area (Å²) in [6.07, 6.45) is 0. The SMILES string of the molecule is CC(C)S(=O)(=O)c1ccc(-c2nnc(NC(=O)c3cc(Br)ccc3Cl)o2)cc1. The van der Waals surface area contributed by atoms with E-state index in [0.717, 1.165) is 0 Å². The van der Waals surface area contributed by atoms with Crippen molar-refractivity contribution in [2.45, 2.75) is 24.0 Å². The van der Waals surface area contributed by atoms with Gasteiger partial charge in [-0.3, -0.25) is 10.1 Å². The van der Waals surface area contributed by atoms with Crippen molar-refractivity contribution in [1.82, 2.24) is 10.2 Å². The zero-order valence-electron chi connectivity index (χ0n) is 14.8. The first-order chi connectivity index (χ1) is 13.2. The molecule has 0 aliphatic rings. The van der Waals surface area contributed by atoms with E-state index in [0.29, 0.717) is 10.0 Å². The molecular weight excluding hydrogens is 470 g/mol. The van der Waals surface area contributed by atoms with E-state index in [4.69, 9.17) is 16.0 Å². The number of amides is 1. The Labute approximate surface area is 175 Å². The molecule has 1 heterocycles. The number of benzene rings is 2. The van der Waals surface area contributed by atoms with Crippen LogP contribution in [0.5, 0.6) is 0 Å². The van der Waals surface area contributed by atoms with Crippen molar-refractivity contribution in [3.05, 3.63) is 57.5 Å². The molecule has 1 amide bonds. The minimum Gasteiger partial charge on any atom is -0.403 e. The molecule has 0 radical (unpaired) electrons. The summed E-state index contributed by atoms with van der Waals surface area (Å²) in [5, 5.41) is 9.91. The zero-order valence-corrected chi connectivity index (χ0v) is 18.0. The van der Waals surface area contributed by atoms with Crippen LogP contribution in [0.4, 0.5) is 6.01 Å². The van der Waals surface area contributed by atoms with E-state index in [1.54, 1.807) is 44.2 Å². The van der Waals surface area contributed by atoms with Gasteiger partial charge in [-0.05, 0) is 56.3 Å². The first-order valence-corrected chi connectivity index (χ1v) is 10.8. The van der Waals surface area contributed by atoms with Gasteiger partial charge in [-0.2, -0.15) is 0 Å². The molecule has 28 heavy (non-hydrogen) atoms. The van der Waals surface area contributed by atoms with Gasteiger partial charge < -0.3 is 4.42 Å². The van der Waals surface area contributed by atoms with Crippen LogP contribution in [-0.4, -0.2) is 29.8 Å². The Kier molecular flexibility index (Phi) is 5.87. The fourth-order valence-electron chi connectivity index (χ4n) is 2.29. The molecule has 10 heteroatoms. The lowest BCUT2D eigenvalue weighted by atomic mass is 10.2. The number of nitrogens with zero attached hydrogens (tertiary/aromatic N) is 2. The highest BCUT2D eigenvalue weighted by Crippen LogP contribution is 2.25. The summed E-state index contributed by atoms with van der Waals surface area (Å²) < 4.78 is 30.5. The van der Waals surface area contributed by atoms with Gasteiger partial charge in [-0.1, -0.05) is 32.6 Å². The number of sulfone groups is 1. The third-order valence-corrected chi connectivity index (χ3v) is 6.86. The van der Waals surface area contributed by atoms with Crippen molar-refractivity contribution >= 4 is 49.3 Å². The normalized spacial score (nSPS) is 11.6. The average Bonchev–Trinajstić information content (AvgIpc) is 3.12. The topological polar surface area (TPSA) is 102 Å². The van der Waals surface area contributed by atoms with Gasteiger partial charge in [0.05, 0.1) is 20.7 Å². The van der Waals surface area contributed by atoms with Crippen molar-refractivity contribution in [2.24, 2.45) is 0 Å². The van der Waals surface area contributed by atoms with Crippen LogP contribution in [0.25, 0.3) is 11.5 Å². The summed E-state index contributed by atoms with van der Waals surface area (Å²) in [7, 11) is -3.36. The third kappa shape index (κ3) is 4.26. The Balaban J connectivity index is 1.79. The van der Waals surface area contributed by atoms with Crippen LogP contribution in [0.2, 0.25) is 5.02 Å². The van der Waals surface area contributed by atoms with E-state index in [1.165, 1.54) is 12.1 Å². The third-order valence-electron chi connectivity index (χ3n) is 3.87. The maximum Gasteiger partial charge on any atom is 0.322 e. The van der Waals surface area contributed by atoms with Crippen LogP contribution >= 0.6 is 27.5 Å². The molecule has 7 nitrogen and oxygen atoms in total. The van der Waals surface area contributed by atoms with Crippen LogP contribution in [0, 0.1) is 0 Å². The number of aromatic nitrogens is 2. The maximum atomic E-state index is 12.3. The fraction of sp³-hybridized carbons (Fsp3) is 0.167. The van der Waals surface area contributed by atoms with Gasteiger partial charge in [0.15, 0.2) is 9.84 Å². The van der Waals surface area contributed by atoms with E-state index in [9.17, 15) is 13.2 Å². The van der Waals surface area contributed by atoms with E-state index < -0.39 is 21.0 Å². The molecule has 0 aliphatic carbocycles. The molecule has 1 N–H and O–H groups in total.